The van der Waals surface area contributed by atoms with Gasteiger partial charge in [-0.15, -0.1) is 0 Å². The lowest BCUT2D eigenvalue weighted by atomic mass is 9.92. The van der Waals surface area contributed by atoms with Crippen molar-refractivity contribution in [1.82, 2.24) is 10.2 Å². The van der Waals surface area contributed by atoms with E-state index >= 15 is 0 Å². The summed E-state index contributed by atoms with van der Waals surface area (Å²) in [5.74, 6) is 0.783. The zero-order chi connectivity index (χ0) is 20.4. The fraction of sp³-hybridized carbons (Fsp3) is 0.435. The van der Waals surface area contributed by atoms with Gasteiger partial charge in [-0.2, -0.15) is 0 Å². The van der Waals surface area contributed by atoms with Crippen LogP contribution in [-0.2, 0) is 0 Å². The Morgan fingerprint density at radius 2 is 2.25 bits per heavy atom. The number of hydrogen-bond donors (Lipinski definition) is 3. The van der Waals surface area contributed by atoms with Crippen molar-refractivity contribution in [3.05, 3.63) is 59.7 Å². The minimum absolute atomic E-state index is 0.0137. The standard InChI is InChI=1S/C23H33N3O2/c1-3-20-15-21(10-11-22(20)27)23(28)17-25-12-14-26(2)13-4-5-18-6-8-19(16-24)9-7-18/h3,6,8-11,15,18,25,27H,1,4-5,7,12-14,16-17,24H2,2H3. The Kier molecular flexibility index (Phi) is 9.14. The number of rotatable bonds is 12. The van der Waals surface area contributed by atoms with Crippen LogP contribution in [0, 0.1) is 5.92 Å². The number of ketones is 1. The van der Waals surface area contributed by atoms with Crippen LogP contribution in [0.3, 0.4) is 0 Å². The molecule has 5 heteroatoms. The number of carbonyl (C=O) groups is 1. The van der Waals surface area contributed by atoms with Crippen LogP contribution >= 0.6 is 0 Å². The molecule has 0 heterocycles. The lowest BCUT2D eigenvalue weighted by molar-refractivity contribution is 0.0990. The van der Waals surface area contributed by atoms with E-state index in [4.69, 9.17) is 5.73 Å². The average Bonchev–Trinajstić information content (AvgIpc) is 2.72. The highest BCUT2D eigenvalue weighted by Crippen LogP contribution is 2.21. The van der Waals surface area contributed by atoms with Gasteiger partial charge in [0.15, 0.2) is 5.78 Å². The number of aromatic hydroxyl groups is 1. The van der Waals surface area contributed by atoms with Crippen molar-refractivity contribution in [2.24, 2.45) is 11.7 Å². The highest BCUT2D eigenvalue weighted by atomic mass is 16.3. The molecule has 1 aromatic carbocycles. The van der Waals surface area contributed by atoms with Crippen LogP contribution < -0.4 is 11.1 Å². The van der Waals surface area contributed by atoms with Gasteiger partial charge in [-0.1, -0.05) is 30.9 Å². The summed E-state index contributed by atoms with van der Waals surface area (Å²) in [6.07, 6.45) is 11.7. The van der Waals surface area contributed by atoms with Gasteiger partial charge >= 0.3 is 0 Å². The van der Waals surface area contributed by atoms with E-state index in [1.54, 1.807) is 18.2 Å². The molecule has 0 aromatic heterocycles. The summed E-state index contributed by atoms with van der Waals surface area (Å²) in [7, 11) is 2.11. The second-order valence-corrected chi connectivity index (χ2v) is 7.36. The molecule has 2 rings (SSSR count). The van der Waals surface area contributed by atoms with Gasteiger partial charge in [0.25, 0.3) is 0 Å². The summed E-state index contributed by atoms with van der Waals surface area (Å²) in [5.41, 5.74) is 8.05. The Morgan fingerprint density at radius 3 is 2.93 bits per heavy atom. The van der Waals surface area contributed by atoms with E-state index in [2.05, 4.69) is 42.1 Å². The van der Waals surface area contributed by atoms with Crippen molar-refractivity contribution in [2.75, 3.05) is 39.8 Å². The molecule has 4 N–H and O–H groups in total. The van der Waals surface area contributed by atoms with Crippen molar-refractivity contribution in [2.45, 2.75) is 19.3 Å². The molecule has 0 aliphatic heterocycles. The highest BCUT2D eigenvalue weighted by Gasteiger charge is 2.10. The van der Waals surface area contributed by atoms with E-state index in [1.807, 2.05) is 0 Å². The van der Waals surface area contributed by atoms with Crippen LogP contribution in [0.15, 0.2) is 48.6 Å². The highest BCUT2D eigenvalue weighted by molar-refractivity contribution is 5.98. The number of benzene rings is 1. The molecule has 1 unspecified atom stereocenters. The number of nitrogens with zero attached hydrogens (tertiary/aromatic N) is 1. The van der Waals surface area contributed by atoms with Gasteiger partial charge in [-0.25, -0.2) is 0 Å². The molecular weight excluding hydrogens is 350 g/mol. The van der Waals surface area contributed by atoms with E-state index in [0.29, 0.717) is 23.6 Å². The second-order valence-electron chi connectivity index (χ2n) is 7.36. The number of nitrogens with two attached hydrogens (primary N) is 1. The van der Waals surface area contributed by atoms with Crippen LogP contribution in [0.1, 0.15) is 35.2 Å². The normalized spacial score (nSPS) is 16.2. The summed E-state index contributed by atoms with van der Waals surface area (Å²) in [6, 6.07) is 4.85. The largest absolute Gasteiger partial charge is 0.507 e. The van der Waals surface area contributed by atoms with Gasteiger partial charge in [-0.3, -0.25) is 4.79 Å². The van der Waals surface area contributed by atoms with Crippen molar-refractivity contribution in [3.63, 3.8) is 0 Å². The molecule has 0 bridgehead atoms. The fourth-order valence-electron chi connectivity index (χ4n) is 3.28. The topological polar surface area (TPSA) is 78.6 Å². The zero-order valence-corrected chi connectivity index (χ0v) is 16.9. The summed E-state index contributed by atoms with van der Waals surface area (Å²) < 4.78 is 0. The number of nitrogens with one attached hydrogen (secondary N) is 1. The summed E-state index contributed by atoms with van der Waals surface area (Å²) in [4.78, 5) is 14.5. The number of hydrogen-bond acceptors (Lipinski definition) is 5. The van der Waals surface area contributed by atoms with E-state index in [9.17, 15) is 9.90 Å². The van der Waals surface area contributed by atoms with Crippen molar-refractivity contribution >= 4 is 11.9 Å². The van der Waals surface area contributed by atoms with Gasteiger partial charge in [0.05, 0.1) is 6.54 Å². The first-order valence-corrected chi connectivity index (χ1v) is 9.98. The second kappa shape index (κ2) is 11.6. The summed E-state index contributed by atoms with van der Waals surface area (Å²) in [6.45, 7) is 7.28. The number of allylic oxidation sites excluding steroid dienone is 2. The van der Waals surface area contributed by atoms with Crippen LogP contribution in [-0.4, -0.2) is 55.6 Å². The monoisotopic (exact) mass is 383 g/mol. The molecule has 1 aliphatic rings. The number of likely N-dealkylation sites (N-methyl/N-ethyl adjacent to an activating group) is 1. The van der Waals surface area contributed by atoms with E-state index in [0.717, 1.165) is 32.5 Å². The Hall–Kier alpha value is -2.21. The first-order valence-electron chi connectivity index (χ1n) is 9.98. The van der Waals surface area contributed by atoms with Crippen LogP contribution in [0.4, 0.5) is 0 Å². The minimum Gasteiger partial charge on any atom is -0.507 e. The van der Waals surface area contributed by atoms with E-state index in [-0.39, 0.29) is 18.1 Å². The molecule has 0 amide bonds. The molecule has 0 radical (unpaired) electrons. The molecule has 1 aliphatic carbocycles. The Balaban J connectivity index is 1.59. The fourth-order valence-corrected chi connectivity index (χ4v) is 3.28. The number of phenolic OH excluding ortho intramolecular Hbond substituents is 1. The quantitative estimate of drug-likeness (QED) is 0.382. The van der Waals surface area contributed by atoms with Gasteiger partial charge in [0.2, 0.25) is 0 Å². The molecule has 0 saturated carbocycles. The molecule has 0 saturated heterocycles. The van der Waals surface area contributed by atoms with Crippen molar-refractivity contribution in [3.8, 4) is 5.75 Å². The first-order chi connectivity index (χ1) is 13.5. The minimum atomic E-state index is 0.0137. The van der Waals surface area contributed by atoms with Gasteiger partial charge in [-0.05, 0) is 62.5 Å². The molecule has 1 atom stereocenters. The molecule has 1 aromatic rings. The van der Waals surface area contributed by atoms with Gasteiger partial charge < -0.3 is 21.1 Å². The molecule has 0 spiro atoms. The van der Waals surface area contributed by atoms with E-state index in [1.165, 1.54) is 18.1 Å². The average molecular weight is 384 g/mol. The number of phenols is 1. The predicted octanol–water partition coefficient (Wildman–Crippen LogP) is 2.98. The lowest BCUT2D eigenvalue weighted by Gasteiger charge is -2.19. The first kappa shape index (κ1) is 22.1. The molecular formula is C23H33N3O2. The Labute approximate surface area is 168 Å². The summed E-state index contributed by atoms with van der Waals surface area (Å²) >= 11 is 0. The SMILES string of the molecule is C=Cc1cc(C(=O)CNCCN(C)CCCC2C=CC(CN)=CC2)ccc1O. The molecule has 28 heavy (non-hydrogen) atoms. The van der Waals surface area contributed by atoms with Crippen molar-refractivity contribution in [1.29, 1.82) is 0 Å². The number of Topliss-reactive ketones (excluding diaryl/α,β-unsaturated/α-hetero) is 1. The number of carbonyl (C=O) groups excluding carboxylic acids is 1. The molecule has 152 valence electrons. The van der Waals surface area contributed by atoms with Crippen molar-refractivity contribution < 1.29 is 9.90 Å². The third kappa shape index (κ3) is 7.08. The van der Waals surface area contributed by atoms with Gasteiger partial charge in [0.1, 0.15) is 5.75 Å². The van der Waals surface area contributed by atoms with E-state index < -0.39 is 0 Å². The molecule has 0 fully saturated rings. The van der Waals surface area contributed by atoms with Crippen LogP contribution in [0.25, 0.3) is 6.08 Å². The van der Waals surface area contributed by atoms with Gasteiger partial charge in [0, 0.05) is 30.8 Å². The van der Waals surface area contributed by atoms with Crippen LogP contribution in [0.2, 0.25) is 0 Å². The maximum Gasteiger partial charge on any atom is 0.176 e. The maximum absolute atomic E-state index is 12.2. The third-order valence-corrected chi connectivity index (χ3v) is 5.14. The third-order valence-electron chi connectivity index (χ3n) is 5.14. The van der Waals surface area contributed by atoms with Crippen LogP contribution in [0.5, 0.6) is 5.75 Å². The smallest absolute Gasteiger partial charge is 0.176 e. The zero-order valence-electron chi connectivity index (χ0n) is 16.9. The maximum atomic E-state index is 12.2. The predicted molar refractivity (Wildman–Crippen MR) is 117 cm³/mol. The lowest BCUT2D eigenvalue weighted by Crippen LogP contribution is -2.32. The Bertz CT molecular complexity index is 725. The Morgan fingerprint density at radius 1 is 1.43 bits per heavy atom. The summed E-state index contributed by atoms with van der Waals surface area (Å²) in [5, 5.41) is 12.9. The molecule has 5 nitrogen and oxygen atoms in total.